The molecular weight excluding hydrogens is 491 g/mol. The van der Waals surface area contributed by atoms with Crippen molar-refractivity contribution >= 4 is 23.6 Å². The van der Waals surface area contributed by atoms with Crippen molar-refractivity contribution in [2.75, 3.05) is 38.7 Å². The van der Waals surface area contributed by atoms with Crippen molar-refractivity contribution in [1.29, 1.82) is 0 Å². The standard InChI is InChI=1S/C26H36F3N3O5/c1-37-23(34)10-5-18-3-8-22(9-4-18)32(13-2-16-33)25(36)30-21-7-6-19-11-14-31(15-12-20(19)17-21)24(35)26(27,28)29/h6-7,17-18,22,33H,2-5,8-16H2,1H3,(H,30,36)/t18-,22-. The number of aliphatic hydroxyl groups excluding tert-OH is 1. The molecule has 1 heterocycles. The molecule has 1 aromatic rings. The normalized spacial score (nSPS) is 20.0. The molecule has 2 N–H and O–H groups in total. The summed E-state index contributed by atoms with van der Waals surface area (Å²) in [5.41, 5.74) is 2.21. The SMILES string of the molecule is COC(=O)CC[C@H]1CC[C@H](N(CCCO)C(=O)Nc2ccc3c(c2)CCN(C(=O)C(F)(F)F)CC3)CC1. The molecule has 3 rings (SSSR count). The summed E-state index contributed by atoms with van der Waals surface area (Å²) < 4.78 is 43.3. The molecule has 1 aliphatic carbocycles. The van der Waals surface area contributed by atoms with Gasteiger partial charge in [0, 0.05) is 44.4 Å². The number of ether oxygens (including phenoxy) is 1. The van der Waals surface area contributed by atoms with Crippen molar-refractivity contribution in [1.82, 2.24) is 9.80 Å². The summed E-state index contributed by atoms with van der Waals surface area (Å²) in [5.74, 6) is -1.63. The van der Waals surface area contributed by atoms with Crippen LogP contribution in [0.3, 0.4) is 0 Å². The molecule has 0 atom stereocenters. The number of carbonyl (C=O) groups is 3. The van der Waals surface area contributed by atoms with E-state index in [1.165, 1.54) is 7.11 Å². The number of esters is 1. The third-order valence-electron chi connectivity index (χ3n) is 7.35. The second-order valence-electron chi connectivity index (χ2n) is 9.76. The molecule has 2 aliphatic rings. The van der Waals surface area contributed by atoms with Gasteiger partial charge in [0.2, 0.25) is 0 Å². The van der Waals surface area contributed by atoms with Gasteiger partial charge in [-0.3, -0.25) is 9.59 Å². The first-order valence-corrected chi connectivity index (χ1v) is 12.9. The molecule has 1 saturated carbocycles. The zero-order valence-corrected chi connectivity index (χ0v) is 21.2. The Balaban J connectivity index is 1.61. The summed E-state index contributed by atoms with van der Waals surface area (Å²) in [5, 5.41) is 12.3. The van der Waals surface area contributed by atoms with Crippen molar-refractivity contribution in [3.63, 3.8) is 0 Å². The smallest absolute Gasteiger partial charge is 0.469 e. The van der Waals surface area contributed by atoms with E-state index in [9.17, 15) is 32.7 Å². The van der Waals surface area contributed by atoms with Gasteiger partial charge in [-0.25, -0.2) is 4.79 Å². The van der Waals surface area contributed by atoms with Gasteiger partial charge >= 0.3 is 24.1 Å². The van der Waals surface area contributed by atoms with E-state index < -0.39 is 12.1 Å². The maximum atomic E-state index is 13.2. The number of amides is 3. The summed E-state index contributed by atoms with van der Waals surface area (Å²) >= 11 is 0. The van der Waals surface area contributed by atoms with Crippen LogP contribution in [0.25, 0.3) is 0 Å². The second kappa shape index (κ2) is 13.1. The highest BCUT2D eigenvalue weighted by Gasteiger charge is 2.42. The Kier molecular flexibility index (Phi) is 10.2. The first kappa shape index (κ1) is 28.7. The zero-order valence-electron chi connectivity index (χ0n) is 21.2. The monoisotopic (exact) mass is 527 g/mol. The van der Waals surface area contributed by atoms with Crippen molar-refractivity contribution < 1.29 is 37.4 Å². The molecule has 1 aromatic carbocycles. The second-order valence-corrected chi connectivity index (χ2v) is 9.76. The average Bonchev–Trinajstić information content (AvgIpc) is 3.09. The lowest BCUT2D eigenvalue weighted by atomic mass is 9.83. The summed E-state index contributed by atoms with van der Waals surface area (Å²) in [6.07, 6.45) is 0.697. The fraction of sp³-hybridized carbons (Fsp3) is 0.654. The van der Waals surface area contributed by atoms with Gasteiger partial charge in [-0.15, -0.1) is 0 Å². The number of urea groups is 1. The molecule has 206 valence electrons. The quantitative estimate of drug-likeness (QED) is 0.500. The van der Waals surface area contributed by atoms with Gasteiger partial charge in [0.15, 0.2) is 0 Å². The molecule has 0 spiro atoms. The first-order chi connectivity index (χ1) is 17.6. The van der Waals surface area contributed by atoms with E-state index in [4.69, 9.17) is 4.74 Å². The summed E-state index contributed by atoms with van der Waals surface area (Å²) in [6.45, 7) is 0.322. The number of aliphatic hydroxyl groups is 1. The van der Waals surface area contributed by atoms with Crippen LogP contribution in [0.5, 0.6) is 0 Å². The third-order valence-corrected chi connectivity index (χ3v) is 7.35. The molecular formula is C26H36F3N3O5. The lowest BCUT2D eigenvalue weighted by Gasteiger charge is -2.37. The number of alkyl halides is 3. The fourth-order valence-electron chi connectivity index (χ4n) is 5.24. The highest BCUT2D eigenvalue weighted by Crippen LogP contribution is 2.31. The zero-order chi connectivity index (χ0) is 27.0. The van der Waals surface area contributed by atoms with Crippen molar-refractivity contribution in [2.24, 2.45) is 5.92 Å². The van der Waals surface area contributed by atoms with Crippen molar-refractivity contribution in [3.8, 4) is 0 Å². The number of methoxy groups -OCH3 is 1. The van der Waals surface area contributed by atoms with E-state index in [2.05, 4.69) is 5.32 Å². The Morgan fingerprint density at radius 2 is 1.78 bits per heavy atom. The van der Waals surface area contributed by atoms with Crippen LogP contribution in [-0.4, -0.2) is 78.4 Å². The maximum absolute atomic E-state index is 13.2. The van der Waals surface area contributed by atoms with Crippen LogP contribution >= 0.6 is 0 Å². The third kappa shape index (κ3) is 8.08. The van der Waals surface area contributed by atoms with Crippen molar-refractivity contribution in [2.45, 2.75) is 70.0 Å². The van der Waals surface area contributed by atoms with Gasteiger partial charge in [-0.2, -0.15) is 13.2 Å². The van der Waals surface area contributed by atoms with E-state index in [1.807, 2.05) is 0 Å². The minimum atomic E-state index is -4.89. The predicted molar refractivity (Wildman–Crippen MR) is 131 cm³/mol. The topological polar surface area (TPSA) is 99.2 Å². The Labute approximate surface area is 215 Å². The Hall–Kier alpha value is -2.82. The van der Waals surface area contributed by atoms with Crippen LogP contribution in [-0.2, 0) is 27.2 Å². The number of anilines is 1. The molecule has 0 bridgehead atoms. The summed E-state index contributed by atoms with van der Waals surface area (Å²) in [7, 11) is 1.38. The van der Waals surface area contributed by atoms with Crippen molar-refractivity contribution in [3.05, 3.63) is 29.3 Å². The highest BCUT2D eigenvalue weighted by atomic mass is 19.4. The lowest BCUT2D eigenvalue weighted by Crippen LogP contribution is -2.45. The van der Waals surface area contributed by atoms with Crippen LogP contribution in [0.2, 0.25) is 0 Å². The molecule has 1 fully saturated rings. The van der Waals surface area contributed by atoms with E-state index in [-0.39, 0.29) is 44.2 Å². The number of benzene rings is 1. The van der Waals surface area contributed by atoms with Crippen LogP contribution in [0.15, 0.2) is 18.2 Å². The molecule has 1 aliphatic heterocycles. The molecule has 37 heavy (non-hydrogen) atoms. The van der Waals surface area contributed by atoms with Crippen LogP contribution in [0.4, 0.5) is 23.7 Å². The molecule has 11 heteroatoms. The average molecular weight is 528 g/mol. The maximum Gasteiger partial charge on any atom is 0.471 e. The molecule has 0 unspecified atom stereocenters. The first-order valence-electron chi connectivity index (χ1n) is 12.9. The van der Waals surface area contributed by atoms with E-state index in [0.717, 1.165) is 48.1 Å². The van der Waals surface area contributed by atoms with Gasteiger partial charge in [0.25, 0.3) is 0 Å². The molecule has 0 saturated heterocycles. The number of hydrogen-bond acceptors (Lipinski definition) is 5. The Morgan fingerprint density at radius 1 is 1.11 bits per heavy atom. The molecule has 0 radical (unpaired) electrons. The van der Waals surface area contributed by atoms with Gasteiger partial charge in [-0.1, -0.05) is 6.07 Å². The Morgan fingerprint density at radius 3 is 2.41 bits per heavy atom. The van der Waals surface area contributed by atoms with Gasteiger partial charge < -0.3 is 25.0 Å². The molecule has 3 amide bonds. The number of carbonyl (C=O) groups excluding carboxylic acids is 3. The summed E-state index contributed by atoms with van der Waals surface area (Å²) in [4.78, 5) is 38.9. The van der Waals surface area contributed by atoms with Crippen LogP contribution < -0.4 is 5.32 Å². The van der Waals surface area contributed by atoms with Gasteiger partial charge in [0.1, 0.15) is 0 Å². The van der Waals surface area contributed by atoms with Crippen LogP contribution in [0, 0.1) is 5.92 Å². The number of fused-ring (bicyclic) bond motifs is 1. The summed E-state index contributed by atoms with van der Waals surface area (Å²) in [6, 6.07) is 5.02. The minimum Gasteiger partial charge on any atom is -0.469 e. The van der Waals surface area contributed by atoms with Gasteiger partial charge in [-0.05, 0) is 80.5 Å². The van der Waals surface area contributed by atoms with Crippen LogP contribution in [0.1, 0.15) is 56.1 Å². The lowest BCUT2D eigenvalue weighted by molar-refractivity contribution is -0.185. The molecule has 0 aromatic heterocycles. The van der Waals surface area contributed by atoms with E-state index in [1.54, 1.807) is 23.1 Å². The van der Waals surface area contributed by atoms with Gasteiger partial charge in [0.05, 0.1) is 7.11 Å². The number of nitrogens with zero attached hydrogens (tertiary/aromatic N) is 2. The number of hydrogen-bond donors (Lipinski definition) is 2. The minimum absolute atomic E-state index is 0.00566. The Bertz CT molecular complexity index is 948. The van der Waals surface area contributed by atoms with E-state index >= 15 is 0 Å². The number of rotatable bonds is 8. The largest absolute Gasteiger partial charge is 0.471 e. The molecule has 8 nitrogen and oxygen atoms in total. The van der Waals surface area contributed by atoms with E-state index in [0.29, 0.717) is 37.4 Å². The fourth-order valence-corrected chi connectivity index (χ4v) is 5.24. The number of halogens is 3. The highest BCUT2D eigenvalue weighted by molar-refractivity contribution is 5.89. The number of nitrogens with one attached hydrogen (secondary N) is 1. The predicted octanol–water partition coefficient (Wildman–Crippen LogP) is 3.90.